The lowest BCUT2D eigenvalue weighted by Crippen LogP contribution is -2.32. The number of alkyl halides is 3. The fourth-order valence-corrected chi connectivity index (χ4v) is 1.24. The zero-order chi connectivity index (χ0) is 13.1. The third-order valence-corrected chi connectivity index (χ3v) is 2.10. The van der Waals surface area contributed by atoms with Gasteiger partial charge in [0.2, 0.25) is 0 Å². The molecule has 0 aliphatic rings. The lowest BCUT2D eigenvalue weighted by molar-refractivity contribution is -0.138. The Bertz CT molecular complexity index is 407. The summed E-state index contributed by atoms with van der Waals surface area (Å²) in [5, 5.41) is 8.63. The minimum Gasteiger partial charge on any atom is -0.395 e. The maximum atomic E-state index is 12.6. The van der Waals surface area contributed by atoms with Crippen LogP contribution in [-0.4, -0.2) is 41.1 Å². The van der Waals surface area contributed by atoms with Crippen LogP contribution in [0.2, 0.25) is 0 Å². The van der Waals surface area contributed by atoms with E-state index in [0.29, 0.717) is 0 Å². The van der Waals surface area contributed by atoms with E-state index in [2.05, 4.69) is 4.98 Å². The Labute approximate surface area is 95.7 Å². The van der Waals surface area contributed by atoms with E-state index in [1.54, 1.807) is 0 Å². The van der Waals surface area contributed by atoms with Crippen LogP contribution in [0.15, 0.2) is 18.3 Å². The van der Waals surface area contributed by atoms with E-state index in [1.165, 1.54) is 7.05 Å². The van der Waals surface area contributed by atoms with Gasteiger partial charge < -0.3 is 10.0 Å². The molecule has 0 bridgehead atoms. The third kappa shape index (κ3) is 3.16. The lowest BCUT2D eigenvalue weighted by atomic mass is 10.1. The maximum absolute atomic E-state index is 12.6. The highest BCUT2D eigenvalue weighted by Gasteiger charge is 2.36. The van der Waals surface area contributed by atoms with Gasteiger partial charge in [-0.05, 0) is 12.1 Å². The summed E-state index contributed by atoms with van der Waals surface area (Å²) in [5.41, 5.74) is -1.73. The first kappa shape index (κ1) is 13.4. The number of aliphatic hydroxyl groups excluding tert-OH is 1. The molecular weight excluding hydrogens is 237 g/mol. The van der Waals surface area contributed by atoms with Crippen LogP contribution in [0.4, 0.5) is 13.2 Å². The van der Waals surface area contributed by atoms with Crippen LogP contribution >= 0.6 is 0 Å². The third-order valence-electron chi connectivity index (χ3n) is 2.10. The van der Waals surface area contributed by atoms with Gasteiger partial charge in [-0.3, -0.25) is 9.78 Å². The van der Waals surface area contributed by atoms with E-state index in [4.69, 9.17) is 5.11 Å². The number of likely N-dealkylation sites (N-methyl/N-ethyl adjacent to an activating group) is 1. The molecule has 0 radical (unpaired) electrons. The number of aliphatic hydroxyl groups is 1. The number of hydrogen-bond acceptors (Lipinski definition) is 3. The predicted molar refractivity (Wildman–Crippen MR) is 53.3 cm³/mol. The average molecular weight is 248 g/mol. The molecule has 0 fully saturated rings. The van der Waals surface area contributed by atoms with Gasteiger partial charge in [0.1, 0.15) is 5.69 Å². The second-order valence-electron chi connectivity index (χ2n) is 3.35. The van der Waals surface area contributed by atoms with Crippen molar-refractivity contribution in [3.8, 4) is 0 Å². The topological polar surface area (TPSA) is 53.4 Å². The van der Waals surface area contributed by atoms with Gasteiger partial charge in [0.05, 0.1) is 12.2 Å². The zero-order valence-electron chi connectivity index (χ0n) is 9.03. The summed E-state index contributed by atoms with van der Waals surface area (Å²) in [4.78, 5) is 16.1. The van der Waals surface area contributed by atoms with Gasteiger partial charge in [-0.1, -0.05) is 0 Å². The summed E-state index contributed by atoms with van der Waals surface area (Å²) in [6, 6.07) is 1.92. The van der Waals surface area contributed by atoms with Crippen molar-refractivity contribution < 1.29 is 23.1 Å². The van der Waals surface area contributed by atoms with Crippen molar-refractivity contribution in [2.45, 2.75) is 6.18 Å². The molecule has 1 amide bonds. The quantitative estimate of drug-likeness (QED) is 0.873. The van der Waals surface area contributed by atoms with Gasteiger partial charge in [0.15, 0.2) is 0 Å². The SMILES string of the molecule is CN(CCO)C(=O)c1ncccc1C(F)(F)F. The standard InChI is InChI=1S/C10H11F3N2O2/c1-15(5-6-16)9(17)8-7(10(11,12)13)3-2-4-14-8/h2-4,16H,5-6H2,1H3. The van der Waals surface area contributed by atoms with Gasteiger partial charge in [0.25, 0.3) is 5.91 Å². The smallest absolute Gasteiger partial charge is 0.395 e. The molecule has 0 unspecified atom stereocenters. The van der Waals surface area contributed by atoms with Crippen LogP contribution in [0.1, 0.15) is 16.1 Å². The highest BCUT2D eigenvalue weighted by molar-refractivity contribution is 5.93. The predicted octanol–water partition coefficient (Wildman–Crippen LogP) is 1.16. The summed E-state index contributed by atoms with van der Waals surface area (Å²) < 4.78 is 37.8. The molecule has 0 saturated heterocycles. The molecule has 0 aliphatic heterocycles. The zero-order valence-corrected chi connectivity index (χ0v) is 9.03. The fraction of sp³-hybridized carbons (Fsp3) is 0.400. The van der Waals surface area contributed by atoms with Crippen molar-refractivity contribution in [3.63, 3.8) is 0 Å². The number of carbonyl (C=O) groups excluding carboxylic acids is 1. The van der Waals surface area contributed by atoms with E-state index in [0.717, 1.165) is 23.2 Å². The normalized spacial score (nSPS) is 11.4. The van der Waals surface area contributed by atoms with Crippen molar-refractivity contribution in [1.82, 2.24) is 9.88 Å². The molecular formula is C10H11F3N2O2. The molecule has 0 aromatic carbocycles. The van der Waals surface area contributed by atoms with E-state index in [9.17, 15) is 18.0 Å². The van der Waals surface area contributed by atoms with Crippen LogP contribution in [0.3, 0.4) is 0 Å². The number of rotatable bonds is 3. The largest absolute Gasteiger partial charge is 0.418 e. The highest BCUT2D eigenvalue weighted by Crippen LogP contribution is 2.31. The molecule has 1 heterocycles. The molecule has 0 spiro atoms. The van der Waals surface area contributed by atoms with Crippen molar-refractivity contribution >= 4 is 5.91 Å². The van der Waals surface area contributed by atoms with Crippen LogP contribution in [-0.2, 0) is 6.18 Å². The second kappa shape index (κ2) is 5.13. The van der Waals surface area contributed by atoms with Crippen LogP contribution in [0, 0.1) is 0 Å². The van der Waals surface area contributed by atoms with E-state index in [1.807, 2.05) is 0 Å². The molecule has 0 atom stereocenters. The summed E-state index contributed by atoms with van der Waals surface area (Å²) in [5.74, 6) is -0.869. The summed E-state index contributed by atoms with van der Waals surface area (Å²) in [6.45, 7) is -0.372. The van der Waals surface area contributed by atoms with Gasteiger partial charge in [-0.25, -0.2) is 0 Å². The number of aromatic nitrogens is 1. The maximum Gasteiger partial charge on any atom is 0.418 e. The number of pyridine rings is 1. The van der Waals surface area contributed by atoms with Crippen LogP contribution in [0.25, 0.3) is 0 Å². The first-order valence-corrected chi connectivity index (χ1v) is 4.76. The van der Waals surface area contributed by atoms with Crippen molar-refractivity contribution in [2.24, 2.45) is 0 Å². The van der Waals surface area contributed by atoms with Gasteiger partial charge in [-0.2, -0.15) is 13.2 Å². The fourth-order valence-electron chi connectivity index (χ4n) is 1.24. The first-order valence-electron chi connectivity index (χ1n) is 4.76. The molecule has 7 heteroatoms. The minimum atomic E-state index is -4.63. The average Bonchev–Trinajstić information content (AvgIpc) is 2.27. The van der Waals surface area contributed by atoms with E-state index >= 15 is 0 Å². The Morgan fingerprint density at radius 2 is 2.18 bits per heavy atom. The Morgan fingerprint density at radius 1 is 1.53 bits per heavy atom. The van der Waals surface area contributed by atoms with Gasteiger partial charge in [0, 0.05) is 19.8 Å². The van der Waals surface area contributed by atoms with Gasteiger partial charge >= 0.3 is 6.18 Å². The number of hydrogen-bond donors (Lipinski definition) is 1. The summed E-state index contributed by atoms with van der Waals surface area (Å²) in [7, 11) is 1.30. The van der Waals surface area contributed by atoms with Crippen LogP contribution in [0.5, 0.6) is 0 Å². The summed E-state index contributed by atoms with van der Waals surface area (Å²) in [6.07, 6.45) is -3.51. The van der Waals surface area contributed by atoms with Gasteiger partial charge in [-0.15, -0.1) is 0 Å². The van der Waals surface area contributed by atoms with E-state index in [-0.39, 0.29) is 13.2 Å². The molecule has 1 aromatic rings. The Morgan fingerprint density at radius 3 is 2.71 bits per heavy atom. The van der Waals surface area contributed by atoms with Crippen LogP contribution < -0.4 is 0 Å². The van der Waals surface area contributed by atoms with Crippen molar-refractivity contribution in [1.29, 1.82) is 0 Å². The number of halogens is 3. The number of carbonyl (C=O) groups is 1. The van der Waals surface area contributed by atoms with Crippen molar-refractivity contribution in [2.75, 3.05) is 20.2 Å². The molecule has 1 rings (SSSR count). The minimum absolute atomic E-state index is 0.0489. The monoisotopic (exact) mass is 248 g/mol. The number of nitrogens with zero attached hydrogens (tertiary/aromatic N) is 2. The second-order valence-corrected chi connectivity index (χ2v) is 3.35. The summed E-state index contributed by atoms with van der Waals surface area (Å²) >= 11 is 0. The Hall–Kier alpha value is -1.63. The molecule has 17 heavy (non-hydrogen) atoms. The molecule has 94 valence electrons. The van der Waals surface area contributed by atoms with Crippen molar-refractivity contribution in [3.05, 3.63) is 29.6 Å². The number of amides is 1. The molecule has 1 N–H and O–H groups in total. The molecule has 0 saturated carbocycles. The lowest BCUT2D eigenvalue weighted by Gasteiger charge is -2.17. The Balaban J connectivity index is 3.10. The Kier molecular flexibility index (Phi) is 4.06. The first-order chi connectivity index (χ1) is 7.88. The molecule has 0 aliphatic carbocycles. The molecule has 4 nitrogen and oxygen atoms in total. The highest BCUT2D eigenvalue weighted by atomic mass is 19.4. The van der Waals surface area contributed by atoms with E-state index < -0.39 is 23.3 Å². The molecule has 1 aromatic heterocycles.